The van der Waals surface area contributed by atoms with Gasteiger partial charge in [-0.2, -0.15) is 0 Å². The molecule has 0 spiro atoms. The summed E-state index contributed by atoms with van der Waals surface area (Å²) in [6.45, 7) is 1.25. The topological polar surface area (TPSA) is 96.6 Å². The quantitative estimate of drug-likeness (QED) is 0.799. The Labute approximate surface area is 139 Å². The highest BCUT2D eigenvalue weighted by Crippen LogP contribution is 2.40. The zero-order valence-corrected chi connectivity index (χ0v) is 13.4. The highest BCUT2D eigenvalue weighted by atomic mass is 16.5. The third-order valence-corrected chi connectivity index (χ3v) is 4.59. The summed E-state index contributed by atoms with van der Waals surface area (Å²) >= 11 is 0. The number of hydrogen-bond acceptors (Lipinski definition) is 5. The first kappa shape index (κ1) is 15.4. The van der Waals surface area contributed by atoms with E-state index in [9.17, 15) is 9.90 Å². The van der Waals surface area contributed by atoms with Crippen LogP contribution in [-0.2, 0) is 4.74 Å². The molecule has 7 nitrogen and oxygen atoms in total. The fraction of sp³-hybridized carbons (Fsp3) is 0.529. The van der Waals surface area contributed by atoms with Gasteiger partial charge in [0.2, 0.25) is 0 Å². The van der Waals surface area contributed by atoms with E-state index >= 15 is 0 Å². The number of rotatable bonds is 4. The van der Waals surface area contributed by atoms with Gasteiger partial charge in [0.25, 0.3) is 0 Å². The lowest BCUT2D eigenvalue weighted by Gasteiger charge is -2.32. The summed E-state index contributed by atoms with van der Waals surface area (Å²) in [5, 5.41) is 15.8. The second-order valence-electron chi connectivity index (χ2n) is 6.65. The molecule has 1 saturated heterocycles. The minimum atomic E-state index is -0.885. The van der Waals surface area contributed by atoms with Crippen LogP contribution >= 0.6 is 0 Å². The molecule has 7 heteroatoms. The van der Waals surface area contributed by atoms with Crippen LogP contribution in [0.5, 0.6) is 0 Å². The number of aromatic nitrogens is 1. The number of urea groups is 1. The van der Waals surface area contributed by atoms with E-state index in [1.807, 2.05) is 6.07 Å². The summed E-state index contributed by atoms with van der Waals surface area (Å²) in [6, 6.07) is 5.06. The lowest BCUT2D eigenvalue weighted by atomic mass is 9.94. The zero-order valence-electron chi connectivity index (χ0n) is 13.4. The Bertz CT molecular complexity index is 747. The van der Waals surface area contributed by atoms with E-state index in [0.717, 1.165) is 24.2 Å². The number of anilines is 1. The van der Waals surface area contributed by atoms with Gasteiger partial charge in [0.15, 0.2) is 11.5 Å². The van der Waals surface area contributed by atoms with Crippen molar-refractivity contribution < 1.29 is 19.1 Å². The van der Waals surface area contributed by atoms with Gasteiger partial charge in [0, 0.05) is 50.3 Å². The number of benzene rings is 1. The van der Waals surface area contributed by atoms with Gasteiger partial charge in [-0.05, 0) is 25.0 Å². The number of fused-ring (bicyclic) bond motifs is 1. The van der Waals surface area contributed by atoms with Crippen LogP contribution in [0, 0.1) is 0 Å². The number of nitrogens with one attached hydrogen (secondary N) is 2. The average Bonchev–Trinajstić information content (AvgIpc) is 3.34. The molecule has 24 heavy (non-hydrogen) atoms. The van der Waals surface area contributed by atoms with E-state index < -0.39 is 5.60 Å². The molecule has 1 aromatic heterocycles. The fourth-order valence-electron chi connectivity index (χ4n) is 2.87. The van der Waals surface area contributed by atoms with Crippen LogP contribution in [0.2, 0.25) is 0 Å². The van der Waals surface area contributed by atoms with Crippen LogP contribution in [-0.4, -0.2) is 41.5 Å². The SMILES string of the molecule is O=C(NCC1(O)CCOCC1)Nc1ccc2nc(C3CC3)oc2c1. The average molecular weight is 331 g/mol. The van der Waals surface area contributed by atoms with Crippen molar-refractivity contribution in [1.82, 2.24) is 10.3 Å². The molecule has 3 N–H and O–H groups in total. The number of carbonyl (C=O) groups excluding carboxylic acids is 1. The molecule has 4 rings (SSSR count). The Kier molecular flexibility index (Phi) is 3.90. The van der Waals surface area contributed by atoms with Crippen LogP contribution < -0.4 is 10.6 Å². The van der Waals surface area contributed by atoms with Gasteiger partial charge in [-0.3, -0.25) is 0 Å². The zero-order chi connectivity index (χ0) is 16.6. The van der Waals surface area contributed by atoms with E-state index in [0.29, 0.717) is 43.2 Å². The molecular weight excluding hydrogens is 310 g/mol. The number of amides is 2. The maximum atomic E-state index is 12.0. The van der Waals surface area contributed by atoms with Crippen LogP contribution in [0.4, 0.5) is 10.5 Å². The van der Waals surface area contributed by atoms with E-state index in [1.54, 1.807) is 12.1 Å². The highest BCUT2D eigenvalue weighted by Gasteiger charge is 2.30. The second kappa shape index (κ2) is 6.07. The molecule has 1 saturated carbocycles. The first-order chi connectivity index (χ1) is 11.6. The predicted octanol–water partition coefficient (Wildman–Crippen LogP) is 2.37. The molecule has 2 fully saturated rings. The molecule has 2 aliphatic rings. The smallest absolute Gasteiger partial charge is 0.319 e. The van der Waals surface area contributed by atoms with Gasteiger partial charge >= 0.3 is 6.03 Å². The molecule has 1 aromatic carbocycles. The van der Waals surface area contributed by atoms with Gasteiger partial charge in [0.05, 0.1) is 5.60 Å². The van der Waals surface area contributed by atoms with Crippen LogP contribution in [0.1, 0.15) is 37.5 Å². The van der Waals surface area contributed by atoms with Crippen molar-refractivity contribution in [2.24, 2.45) is 0 Å². The van der Waals surface area contributed by atoms with Crippen molar-refractivity contribution in [2.45, 2.75) is 37.2 Å². The number of ether oxygens (including phenoxy) is 1. The highest BCUT2D eigenvalue weighted by molar-refractivity contribution is 5.91. The standard InChI is InChI=1S/C17H21N3O4/c21-16(18-10-17(22)5-7-23-8-6-17)19-12-3-4-13-14(9-12)24-15(20-13)11-1-2-11/h3-4,9,11,22H,1-2,5-8,10H2,(H2,18,19,21). The third-order valence-electron chi connectivity index (χ3n) is 4.59. The monoisotopic (exact) mass is 331 g/mol. The van der Waals surface area contributed by atoms with Crippen LogP contribution in [0.25, 0.3) is 11.1 Å². The number of carbonyl (C=O) groups is 1. The summed E-state index contributed by atoms with van der Waals surface area (Å²) in [6.07, 6.45) is 3.32. The first-order valence-corrected chi connectivity index (χ1v) is 8.37. The summed E-state index contributed by atoms with van der Waals surface area (Å²) in [5.74, 6) is 1.24. The maximum Gasteiger partial charge on any atom is 0.319 e. The molecule has 0 unspecified atom stereocenters. The molecule has 2 aromatic rings. The van der Waals surface area contributed by atoms with Gasteiger partial charge in [-0.15, -0.1) is 0 Å². The Morgan fingerprint density at radius 3 is 2.88 bits per heavy atom. The van der Waals surface area contributed by atoms with E-state index in [1.165, 1.54) is 0 Å². The number of nitrogens with zero attached hydrogens (tertiary/aromatic N) is 1. The van der Waals surface area contributed by atoms with Crippen molar-refractivity contribution in [3.05, 3.63) is 24.1 Å². The maximum absolute atomic E-state index is 12.0. The number of hydrogen-bond donors (Lipinski definition) is 3. The summed E-state index contributed by atoms with van der Waals surface area (Å²) in [4.78, 5) is 16.5. The summed E-state index contributed by atoms with van der Waals surface area (Å²) in [7, 11) is 0. The Balaban J connectivity index is 1.37. The van der Waals surface area contributed by atoms with Gasteiger partial charge < -0.3 is 24.9 Å². The molecular formula is C17H21N3O4. The van der Waals surface area contributed by atoms with Crippen molar-refractivity contribution in [3.63, 3.8) is 0 Å². The molecule has 0 bridgehead atoms. The molecule has 2 heterocycles. The molecule has 128 valence electrons. The Morgan fingerprint density at radius 1 is 1.33 bits per heavy atom. The lowest BCUT2D eigenvalue weighted by molar-refractivity contribution is -0.0598. The molecule has 0 radical (unpaired) electrons. The van der Waals surface area contributed by atoms with E-state index in [-0.39, 0.29) is 12.6 Å². The normalized spacial score (nSPS) is 20.0. The van der Waals surface area contributed by atoms with Crippen molar-refractivity contribution >= 4 is 22.8 Å². The minimum Gasteiger partial charge on any atom is -0.440 e. The van der Waals surface area contributed by atoms with Gasteiger partial charge in [0.1, 0.15) is 5.52 Å². The number of aliphatic hydroxyl groups is 1. The van der Waals surface area contributed by atoms with Crippen LogP contribution in [0.3, 0.4) is 0 Å². The third kappa shape index (κ3) is 3.37. The largest absolute Gasteiger partial charge is 0.440 e. The van der Waals surface area contributed by atoms with Gasteiger partial charge in [-0.1, -0.05) is 0 Å². The first-order valence-electron chi connectivity index (χ1n) is 8.37. The fourth-order valence-corrected chi connectivity index (χ4v) is 2.87. The Hall–Kier alpha value is -2.12. The Morgan fingerprint density at radius 2 is 2.12 bits per heavy atom. The molecule has 0 atom stereocenters. The summed E-state index contributed by atoms with van der Waals surface area (Å²) < 4.78 is 11.0. The van der Waals surface area contributed by atoms with E-state index in [4.69, 9.17) is 9.15 Å². The lowest BCUT2D eigenvalue weighted by Crippen LogP contribution is -2.47. The minimum absolute atomic E-state index is 0.207. The van der Waals surface area contributed by atoms with Crippen LogP contribution in [0.15, 0.2) is 22.6 Å². The molecule has 2 amide bonds. The predicted molar refractivity (Wildman–Crippen MR) is 88.0 cm³/mol. The molecule has 1 aliphatic carbocycles. The van der Waals surface area contributed by atoms with Crippen molar-refractivity contribution in [3.8, 4) is 0 Å². The van der Waals surface area contributed by atoms with E-state index in [2.05, 4.69) is 15.6 Å². The van der Waals surface area contributed by atoms with Crippen molar-refractivity contribution in [1.29, 1.82) is 0 Å². The summed E-state index contributed by atoms with van der Waals surface area (Å²) in [5.41, 5.74) is 1.23. The second-order valence-corrected chi connectivity index (χ2v) is 6.65. The number of oxazole rings is 1. The molecule has 1 aliphatic heterocycles. The van der Waals surface area contributed by atoms with Crippen molar-refractivity contribution in [2.75, 3.05) is 25.1 Å². The van der Waals surface area contributed by atoms with Gasteiger partial charge in [-0.25, -0.2) is 9.78 Å².